The predicted octanol–water partition coefficient (Wildman–Crippen LogP) is 5.07. The molecular weight excluding hydrogens is 592 g/mol. The van der Waals surface area contributed by atoms with Gasteiger partial charge in [0.05, 0.1) is 66.1 Å². The van der Waals surface area contributed by atoms with Gasteiger partial charge in [0.25, 0.3) is 0 Å². The summed E-state index contributed by atoms with van der Waals surface area (Å²) in [4.78, 5) is 0. The van der Waals surface area contributed by atoms with Crippen LogP contribution in [0.1, 0.15) is 0 Å². The fraction of sp³-hybridized carbons (Fsp3) is 0.444. The number of rotatable bonds is 23. The fourth-order valence-corrected chi connectivity index (χ4v) is 4.72. The molecule has 2 atom stereocenters. The summed E-state index contributed by atoms with van der Waals surface area (Å²) in [7, 11) is 0. The highest BCUT2D eigenvalue weighted by Gasteiger charge is 2.22. The van der Waals surface area contributed by atoms with Crippen molar-refractivity contribution in [3.63, 3.8) is 0 Å². The molecule has 2 saturated heterocycles. The van der Waals surface area contributed by atoms with E-state index in [9.17, 15) is 0 Å². The molecule has 2 aliphatic heterocycles. The van der Waals surface area contributed by atoms with Crippen LogP contribution in [0.4, 0.5) is 0 Å². The van der Waals surface area contributed by atoms with Gasteiger partial charge in [0.1, 0.15) is 61.6 Å². The molecular formula is C36H42O10. The van der Waals surface area contributed by atoms with Crippen molar-refractivity contribution < 1.29 is 47.4 Å². The zero-order chi connectivity index (χ0) is 31.2. The van der Waals surface area contributed by atoms with Gasteiger partial charge in [-0.3, -0.25) is 0 Å². The van der Waals surface area contributed by atoms with Crippen molar-refractivity contribution in [2.75, 3.05) is 92.5 Å². The van der Waals surface area contributed by atoms with Gasteiger partial charge in [-0.1, -0.05) is 24.3 Å². The molecule has 4 aromatic carbocycles. The van der Waals surface area contributed by atoms with Crippen molar-refractivity contribution in [1.82, 2.24) is 0 Å². The molecule has 6 rings (SSSR count). The Morgan fingerprint density at radius 2 is 0.674 bits per heavy atom. The quantitative estimate of drug-likeness (QED) is 0.0812. The molecule has 2 fully saturated rings. The zero-order valence-electron chi connectivity index (χ0n) is 26.1. The first-order valence-corrected chi connectivity index (χ1v) is 15.9. The van der Waals surface area contributed by atoms with Crippen molar-refractivity contribution >= 4 is 21.5 Å². The van der Waals surface area contributed by atoms with Crippen LogP contribution < -0.4 is 18.9 Å². The Kier molecular flexibility index (Phi) is 12.2. The molecule has 46 heavy (non-hydrogen) atoms. The highest BCUT2D eigenvalue weighted by molar-refractivity contribution is 5.86. The van der Waals surface area contributed by atoms with Crippen LogP contribution in [0.25, 0.3) is 21.5 Å². The molecule has 10 nitrogen and oxygen atoms in total. The minimum Gasteiger partial charge on any atom is -0.491 e. The smallest absolute Gasteiger partial charge is 0.120 e. The van der Waals surface area contributed by atoms with Crippen molar-refractivity contribution in [2.24, 2.45) is 0 Å². The maximum atomic E-state index is 5.87. The van der Waals surface area contributed by atoms with Gasteiger partial charge < -0.3 is 47.4 Å². The highest BCUT2D eigenvalue weighted by atomic mass is 16.6. The molecule has 4 aromatic rings. The predicted molar refractivity (Wildman–Crippen MR) is 173 cm³/mol. The Labute approximate surface area is 269 Å². The molecule has 0 bridgehead atoms. The van der Waals surface area contributed by atoms with Crippen LogP contribution in [0, 0.1) is 0 Å². The molecule has 0 saturated carbocycles. The molecule has 0 spiro atoms. The summed E-state index contributed by atoms with van der Waals surface area (Å²) in [5.41, 5.74) is 0. The highest BCUT2D eigenvalue weighted by Crippen LogP contribution is 2.26. The first-order chi connectivity index (χ1) is 22.8. The lowest BCUT2D eigenvalue weighted by Gasteiger charge is -2.11. The van der Waals surface area contributed by atoms with Crippen LogP contribution >= 0.6 is 0 Å². The summed E-state index contributed by atoms with van der Waals surface area (Å²) in [6.07, 6.45) is 0.553. The third kappa shape index (κ3) is 11.0. The normalized spacial score (nSPS) is 16.9. The second-order valence-electron chi connectivity index (χ2n) is 11.0. The largest absolute Gasteiger partial charge is 0.491 e. The lowest BCUT2D eigenvalue weighted by molar-refractivity contribution is 0.0274. The first-order valence-electron chi connectivity index (χ1n) is 15.9. The van der Waals surface area contributed by atoms with E-state index < -0.39 is 0 Å². The summed E-state index contributed by atoms with van der Waals surface area (Å²) in [6.45, 7) is 7.86. The van der Waals surface area contributed by atoms with Gasteiger partial charge in [-0.05, 0) is 70.1 Å². The van der Waals surface area contributed by atoms with Crippen LogP contribution in [0.2, 0.25) is 0 Å². The lowest BCUT2D eigenvalue weighted by Crippen LogP contribution is -2.13. The minimum atomic E-state index is 0.276. The Morgan fingerprint density at radius 3 is 0.978 bits per heavy atom. The van der Waals surface area contributed by atoms with Crippen molar-refractivity contribution in [3.05, 3.63) is 72.8 Å². The Morgan fingerprint density at radius 1 is 0.391 bits per heavy atom. The number of hydrogen-bond donors (Lipinski definition) is 0. The van der Waals surface area contributed by atoms with E-state index >= 15 is 0 Å². The monoisotopic (exact) mass is 634 g/mol. The molecule has 10 heteroatoms. The lowest BCUT2D eigenvalue weighted by atomic mass is 10.1. The van der Waals surface area contributed by atoms with E-state index in [0.29, 0.717) is 79.3 Å². The van der Waals surface area contributed by atoms with Gasteiger partial charge in [0.2, 0.25) is 0 Å². The molecule has 2 heterocycles. The maximum Gasteiger partial charge on any atom is 0.120 e. The zero-order valence-corrected chi connectivity index (χ0v) is 26.1. The standard InChI is InChI=1S/C36H42O10/c1-5-31(19-27-3-7-33(21-29(1)27)43-17-13-39-23-35-25-45-35)41-15-11-37-9-10-38-12-16-42-32-6-2-30-22-34(8-4-28(30)20-32)44-18-14-40-24-36-26-46-36/h1-8,19-22,35-36H,9-18,23-26H2. The van der Waals surface area contributed by atoms with Crippen LogP contribution in [-0.4, -0.2) is 105 Å². The van der Waals surface area contributed by atoms with E-state index in [1.165, 1.54) is 0 Å². The van der Waals surface area contributed by atoms with E-state index in [1.54, 1.807) is 0 Å². The number of fused-ring (bicyclic) bond motifs is 2. The van der Waals surface area contributed by atoms with Crippen LogP contribution in [0.15, 0.2) is 72.8 Å². The average molecular weight is 635 g/mol. The molecule has 0 N–H and O–H groups in total. The second-order valence-corrected chi connectivity index (χ2v) is 11.0. The maximum absolute atomic E-state index is 5.87. The van der Waals surface area contributed by atoms with Gasteiger partial charge in [-0.2, -0.15) is 0 Å². The molecule has 246 valence electrons. The molecule has 0 radical (unpaired) electrons. The molecule has 2 aliphatic rings. The van der Waals surface area contributed by atoms with Gasteiger partial charge in [-0.25, -0.2) is 0 Å². The van der Waals surface area contributed by atoms with Crippen molar-refractivity contribution in [1.29, 1.82) is 0 Å². The van der Waals surface area contributed by atoms with Gasteiger partial charge in [0, 0.05) is 0 Å². The first kappa shape index (κ1) is 32.3. The van der Waals surface area contributed by atoms with E-state index in [0.717, 1.165) is 57.8 Å². The fourth-order valence-electron chi connectivity index (χ4n) is 4.72. The third-order valence-corrected chi connectivity index (χ3v) is 7.34. The van der Waals surface area contributed by atoms with Crippen LogP contribution in [0.5, 0.6) is 23.0 Å². The van der Waals surface area contributed by atoms with E-state index in [2.05, 4.69) is 0 Å². The van der Waals surface area contributed by atoms with Crippen LogP contribution in [-0.2, 0) is 28.4 Å². The number of epoxide rings is 2. The minimum absolute atomic E-state index is 0.276. The SMILES string of the molecule is c1cc2cc(OCCOCC3CO3)ccc2cc1OCCOCCOCCOc1ccc2cc(OCCOCC3CO3)ccc2c1. The van der Waals surface area contributed by atoms with E-state index in [-0.39, 0.29) is 12.2 Å². The van der Waals surface area contributed by atoms with E-state index in [1.807, 2.05) is 72.8 Å². The Balaban J connectivity index is 0.785. The van der Waals surface area contributed by atoms with Crippen LogP contribution in [0.3, 0.4) is 0 Å². The molecule has 0 aliphatic carbocycles. The molecule has 0 aromatic heterocycles. The second kappa shape index (κ2) is 17.3. The topological polar surface area (TPSA) is 98.9 Å². The summed E-state index contributed by atoms with van der Waals surface area (Å²) >= 11 is 0. The number of benzene rings is 4. The van der Waals surface area contributed by atoms with Crippen molar-refractivity contribution in [2.45, 2.75) is 12.2 Å². The molecule has 0 amide bonds. The van der Waals surface area contributed by atoms with Gasteiger partial charge >= 0.3 is 0 Å². The van der Waals surface area contributed by atoms with Gasteiger partial charge in [0.15, 0.2) is 0 Å². The third-order valence-electron chi connectivity index (χ3n) is 7.34. The summed E-state index contributed by atoms with van der Waals surface area (Å²) in [6, 6.07) is 24.1. The number of ether oxygens (including phenoxy) is 10. The van der Waals surface area contributed by atoms with E-state index in [4.69, 9.17) is 47.4 Å². The summed E-state index contributed by atoms with van der Waals surface area (Å²) in [5, 5.41) is 4.35. The number of hydrogen-bond acceptors (Lipinski definition) is 10. The Bertz CT molecular complexity index is 1390. The van der Waals surface area contributed by atoms with Gasteiger partial charge in [-0.15, -0.1) is 0 Å². The average Bonchev–Trinajstić information content (AvgIpc) is 4.02. The van der Waals surface area contributed by atoms with Crippen molar-refractivity contribution in [3.8, 4) is 23.0 Å². The summed E-state index contributed by atoms with van der Waals surface area (Å²) in [5.74, 6) is 3.25. The molecule has 2 unspecified atom stereocenters. The Hall–Kier alpha value is -3.64. The summed E-state index contributed by atoms with van der Waals surface area (Å²) < 4.78 is 55.9.